The predicted molar refractivity (Wildman–Crippen MR) is 362 cm³/mol. The molecular formula is C66H84N18O12. The monoisotopic (exact) mass is 1320 g/mol. The minimum Gasteiger partial charge on any atom is -0.493 e. The van der Waals surface area contributed by atoms with Crippen LogP contribution in [0.3, 0.4) is 0 Å². The van der Waals surface area contributed by atoms with Crippen molar-refractivity contribution in [3.8, 4) is 11.5 Å². The van der Waals surface area contributed by atoms with Crippen LogP contribution in [0.2, 0.25) is 0 Å². The molecule has 9 N–H and O–H groups in total. The Bertz CT molecular complexity index is 4040. The van der Waals surface area contributed by atoms with E-state index in [0.717, 1.165) is 25.8 Å². The molecule has 6 aromatic rings. The molecule has 2 aliphatic rings. The zero-order valence-corrected chi connectivity index (χ0v) is 55.9. The van der Waals surface area contributed by atoms with Crippen molar-refractivity contribution in [2.24, 2.45) is 40.2 Å². The lowest BCUT2D eigenvalue weighted by Crippen LogP contribution is -2.35. The maximum atomic E-state index is 13.4. The molecule has 1 unspecified atom stereocenters. The minimum absolute atomic E-state index is 0.0165. The molecule has 8 rings (SSSR count). The van der Waals surface area contributed by atoms with Crippen molar-refractivity contribution in [3.05, 3.63) is 131 Å². The highest BCUT2D eigenvalue weighted by Crippen LogP contribution is 2.38. The summed E-state index contributed by atoms with van der Waals surface area (Å²) in [6.07, 6.45) is 15.7. The van der Waals surface area contributed by atoms with Gasteiger partial charge in [-0.15, -0.1) is 0 Å². The number of carbonyl (C=O) groups is 10. The van der Waals surface area contributed by atoms with E-state index in [-0.39, 0.29) is 91.2 Å². The molecule has 0 radical (unpaired) electrons. The zero-order valence-electron chi connectivity index (χ0n) is 55.9. The number of hydrogen-bond donors (Lipinski definition) is 9. The maximum Gasteiger partial charge on any atom is 0.272 e. The summed E-state index contributed by atoms with van der Waals surface area (Å²) in [5.74, 6) is -3.14. The Balaban J connectivity index is 0.715. The Hall–Kier alpha value is -11.2. The van der Waals surface area contributed by atoms with Crippen LogP contribution in [-0.2, 0) is 54.4 Å². The lowest BCUT2D eigenvalue weighted by Gasteiger charge is -2.20. The molecule has 1 aromatic carbocycles. The van der Waals surface area contributed by atoms with E-state index < -0.39 is 41.4 Å². The number of fused-ring (bicyclic) bond motifs is 2. The number of hydrogen-bond acceptors (Lipinski definition) is 15. The minimum atomic E-state index is -0.503. The van der Waals surface area contributed by atoms with Crippen LogP contribution in [0.1, 0.15) is 122 Å². The molecule has 96 heavy (non-hydrogen) atoms. The third-order valence-electron chi connectivity index (χ3n) is 15.7. The van der Waals surface area contributed by atoms with Gasteiger partial charge in [0.1, 0.15) is 34.2 Å². The van der Waals surface area contributed by atoms with Gasteiger partial charge in [-0.05, 0) is 96.6 Å². The number of methoxy groups -OCH3 is 1. The quantitative estimate of drug-likeness (QED) is 0.0211. The second-order valence-electron chi connectivity index (χ2n) is 23.6. The molecule has 10 amide bonds. The number of amides is 10. The van der Waals surface area contributed by atoms with Gasteiger partial charge >= 0.3 is 0 Å². The van der Waals surface area contributed by atoms with Crippen LogP contribution in [0.15, 0.2) is 102 Å². The first kappa shape index (κ1) is 70.7. The summed E-state index contributed by atoms with van der Waals surface area (Å²) in [4.78, 5) is 141. The summed E-state index contributed by atoms with van der Waals surface area (Å²) >= 11 is 0. The second-order valence-corrected chi connectivity index (χ2v) is 23.6. The highest BCUT2D eigenvalue weighted by molar-refractivity contribution is 6.07. The van der Waals surface area contributed by atoms with Crippen molar-refractivity contribution in [2.45, 2.75) is 64.8 Å². The van der Waals surface area contributed by atoms with Gasteiger partial charge in [0.25, 0.3) is 41.4 Å². The normalized spacial score (nSPS) is 13.5. The van der Waals surface area contributed by atoms with Gasteiger partial charge in [0.15, 0.2) is 11.5 Å². The fourth-order valence-corrected chi connectivity index (χ4v) is 11.0. The molecule has 5 aromatic heterocycles. The van der Waals surface area contributed by atoms with Crippen LogP contribution in [-0.4, -0.2) is 176 Å². The van der Waals surface area contributed by atoms with Crippen LogP contribution in [0.5, 0.6) is 11.5 Å². The average Bonchev–Trinajstić information content (AvgIpc) is 1.56. The number of ether oxygens (including phenoxy) is 2. The van der Waals surface area contributed by atoms with E-state index in [4.69, 9.17) is 9.47 Å². The number of aliphatic imine (C=N–C) groups is 1. The number of aryl methyl sites for hydroxylation is 5. The van der Waals surface area contributed by atoms with Gasteiger partial charge in [0.05, 0.1) is 59.4 Å². The molecular weight excluding hydrogens is 1240 g/mol. The summed E-state index contributed by atoms with van der Waals surface area (Å²) in [5.41, 5.74) is 4.68. The van der Waals surface area contributed by atoms with Crippen molar-refractivity contribution in [2.75, 3.05) is 94.2 Å². The van der Waals surface area contributed by atoms with Gasteiger partial charge < -0.3 is 94.9 Å². The van der Waals surface area contributed by atoms with Crippen LogP contribution in [0, 0.1) is 0 Å². The van der Waals surface area contributed by atoms with E-state index in [0.29, 0.717) is 82.1 Å². The molecule has 1 saturated heterocycles. The van der Waals surface area contributed by atoms with Crippen molar-refractivity contribution in [3.63, 3.8) is 0 Å². The van der Waals surface area contributed by atoms with E-state index in [2.05, 4.69) is 52.8 Å². The van der Waals surface area contributed by atoms with Gasteiger partial charge in [0, 0.05) is 143 Å². The summed E-state index contributed by atoms with van der Waals surface area (Å²) in [5, 5.41) is 25.0. The third-order valence-corrected chi connectivity index (χ3v) is 15.7. The molecule has 1 fully saturated rings. The van der Waals surface area contributed by atoms with Gasteiger partial charge in [-0.3, -0.25) is 52.9 Å². The van der Waals surface area contributed by atoms with E-state index in [1.807, 2.05) is 23.9 Å². The molecule has 0 saturated carbocycles. The summed E-state index contributed by atoms with van der Waals surface area (Å²) in [6.45, 7) is 5.44. The number of allylic oxidation sites excluding steroid dienone is 2. The van der Waals surface area contributed by atoms with Gasteiger partial charge in [0.2, 0.25) is 17.7 Å². The van der Waals surface area contributed by atoms with Crippen molar-refractivity contribution in [1.29, 1.82) is 0 Å². The Labute approximate surface area is 555 Å². The average molecular weight is 1320 g/mol. The van der Waals surface area contributed by atoms with Crippen molar-refractivity contribution >= 4 is 99.4 Å². The molecule has 0 spiro atoms. The van der Waals surface area contributed by atoms with E-state index >= 15 is 0 Å². The number of likely N-dealkylation sites (N-methyl/N-ethyl adjacent to an activating group) is 1. The number of benzene rings is 1. The highest BCUT2D eigenvalue weighted by Gasteiger charge is 2.33. The lowest BCUT2D eigenvalue weighted by atomic mass is 10.1. The third kappa shape index (κ3) is 18.4. The molecule has 2 aliphatic heterocycles. The number of aromatic nitrogens is 5. The molecule has 0 aliphatic carbocycles. The predicted octanol–water partition coefficient (Wildman–Crippen LogP) is 5.02. The van der Waals surface area contributed by atoms with Crippen LogP contribution >= 0.6 is 0 Å². The number of anilines is 5. The lowest BCUT2D eigenvalue weighted by molar-refractivity contribution is -0.119. The highest BCUT2D eigenvalue weighted by atomic mass is 16.5. The number of nitrogens with one attached hydrogen (secondary N) is 9. The SMILES string of the molecule is C/C=C(\C(=O)NCCC(=O)Nc1cc(C(=O)Nc2cc(C(=O)NCCCN(C)C)n(C)c2)n(C)c1)N(C)/C=C(\C)NC(=O)c1cc(NC(=O)CCNC(=O)c2cc(NC(=O)c3cc(NC(=O)CCCOc4cc5c(cc4OC)C(=O)N4CCCC4C=N5)cn3C)cn2C)cn1C. The van der Waals surface area contributed by atoms with Gasteiger partial charge in [-0.2, -0.15) is 0 Å². The zero-order chi connectivity index (χ0) is 69.5. The molecule has 30 heteroatoms. The Morgan fingerprint density at radius 2 is 1.05 bits per heavy atom. The first-order valence-electron chi connectivity index (χ1n) is 31.2. The maximum absolute atomic E-state index is 13.4. The molecule has 0 bridgehead atoms. The van der Waals surface area contributed by atoms with Crippen LogP contribution < -0.4 is 57.3 Å². The van der Waals surface area contributed by atoms with Gasteiger partial charge in [-0.1, -0.05) is 6.08 Å². The number of carbonyl (C=O) groups excluding carboxylic acids is 10. The number of nitrogens with zero attached hydrogens (tertiary/aromatic N) is 9. The Morgan fingerprint density at radius 1 is 0.583 bits per heavy atom. The topological polar surface area (TPSA) is 344 Å². The number of rotatable bonds is 30. The summed E-state index contributed by atoms with van der Waals surface area (Å²) < 4.78 is 19.3. The standard InChI is InChI=1S/C66H84N18O12/c1-12-49(60(88)68-21-18-58(86)74-43-28-54(83(10)37-43)65(93)75-44-29-50(79(6)38-44)61(89)67-20-15-23-77(3)4)78(5)34-40(2)71-63(91)52-26-42(36-81(52)8)73-59(87)19-22-69-62(90)51-30-45(39-80(51)7)76-64(92)53-27-41(35-82(53)9)72-57(85)17-14-25-96-56-32-48-47(31-55(56)95-11)66(94)84-24-13-16-46(84)33-70-48/h12,26-39,46H,13-25H2,1-11H3,(H,67,89)(H,68,88)(H,69,90)(H,71,91)(H,72,85)(H,73,87)(H,74,86)(H,75,93)(H,76,92)/b40-34+,49-12+. The van der Waals surface area contributed by atoms with Crippen molar-refractivity contribution < 1.29 is 57.4 Å². The van der Waals surface area contributed by atoms with E-state index in [9.17, 15) is 47.9 Å². The second kappa shape index (κ2) is 32.1. The largest absolute Gasteiger partial charge is 0.493 e. The first-order valence-corrected chi connectivity index (χ1v) is 31.2. The molecule has 30 nitrogen and oxygen atoms in total. The summed E-state index contributed by atoms with van der Waals surface area (Å²) in [6, 6.07) is 10.9. The molecule has 7 heterocycles. The fraction of sp³-hybridized carbons (Fsp3) is 0.379. The molecule has 510 valence electrons. The Kier molecular flexibility index (Phi) is 23.6. The van der Waals surface area contributed by atoms with E-state index in [1.54, 1.807) is 138 Å². The Morgan fingerprint density at radius 3 is 1.55 bits per heavy atom. The van der Waals surface area contributed by atoms with Crippen LogP contribution in [0.4, 0.5) is 34.1 Å². The van der Waals surface area contributed by atoms with Crippen molar-refractivity contribution in [1.82, 2.24) is 58.8 Å². The van der Waals surface area contributed by atoms with Gasteiger partial charge in [-0.25, -0.2) is 0 Å². The van der Waals surface area contributed by atoms with E-state index in [1.165, 1.54) is 45.4 Å². The fourth-order valence-electron chi connectivity index (χ4n) is 11.0. The molecule has 1 atom stereocenters. The van der Waals surface area contributed by atoms with Crippen LogP contribution in [0.25, 0.3) is 0 Å². The summed E-state index contributed by atoms with van der Waals surface area (Å²) in [7, 11) is 15.3. The smallest absolute Gasteiger partial charge is 0.272 e. The first-order chi connectivity index (χ1) is 45.8.